The number of hydrogen-bond donors (Lipinski definition) is 6. The highest BCUT2D eigenvalue weighted by Gasteiger charge is 2.00. The SMILES string of the molecule is CC(O)COC(C)CO.O=C(O)CCS.O=C(O)CCS. The second-order valence-electron chi connectivity index (χ2n) is 3.91. The Morgan fingerprint density at radius 3 is 1.57 bits per heavy atom. The van der Waals surface area contributed by atoms with Gasteiger partial charge in [-0.2, -0.15) is 25.3 Å². The summed E-state index contributed by atoms with van der Waals surface area (Å²) >= 11 is 7.36. The van der Waals surface area contributed by atoms with E-state index < -0.39 is 18.0 Å². The summed E-state index contributed by atoms with van der Waals surface area (Å²) in [6.07, 6.45) is -0.301. The van der Waals surface area contributed by atoms with E-state index in [1.165, 1.54) is 0 Å². The van der Waals surface area contributed by atoms with Crippen LogP contribution >= 0.6 is 25.3 Å². The first-order valence-corrected chi connectivity index (χ1v) is 7.53. The van der Waals surface area contributed by atoms with E-state index in [0.29, 0.717) is 18.1 Å². The summed E-state index contributed by atoms with van der Waals surface area (Å²) in [7, 11) is 0. The number of carbonyl (C=O) groups is 2. The quantitative estimate of drug-likeness (QED) is 0.355. The minimum atomic E-state index is -0.787. The summed E-state index contributed by atoms with van der Waals surface area (Å²) in [4.78, 5) is 19.1. The number of carboxylic acids is 2. The maximum absolute atomic E-state index is 9.55. The first-order chi connectivity index (χ1) is 9.70. The third kappa shape index (κ3) is 38.2. The smallest absolute Gasteiger partial charge is 0.304 e. The molecule has 4 N–H and O–H groups in total. The van der Waals surface area contributed by atoms with Crippen LogP contribution in [-0.2, 0) is 14.3 Å². The molecule has 0 bridgehead atoms. The summed E-state index contributed by atoms with van der Waals surface area (Å²) in [6, 6.07) is 0. The third-order valence-electron chi connectivity index (χ3n) is 1.53. The van der Waals surface area contributed by atoms with Gasteiger partial charge in [0.2, 0.25) is 0 Å². The molecule has 0 fully saturated rings. The largest absolute Gasteiger partial charge is 0.481 e. The lowest BCUT2D eigenvalue weighted by atomic mass is 10.4. The number of aliphatic hydroxyl groups is 2. The van der Waals surface area contributed by atoms with E-state index in [2.05, 4.69) is 25.3 Å². The van der Waals surface area contributed by atoms with Crippen LogP contribution < -0.4 is 0 Å². The molecule has 9 heteroatoms. The number of rotatable bonds is 8. The van der Waals surface area contributed by atoms with Gasteiger partial charge < -0.3 is 25.2 Å². The number of thiol groups is 2. The van der Waals surface area contributed by atoms with Gasteiger partial charge in [0.25, 0.3) is 0 Å². The van der Waals surface area contributed by atoms with E-state index in [0.717, 1.165) is 0 Å². The van der Waals surface area contributed by atoms with Crippen LogP contribution in [-0.4, -0.2) is 69.3 Å². The van der Waals surface area contributed by atoms with E-state index in [1.54, 1.807) is 13.8 Å². The summed E-state index contributed by atoms with van der Waals surface area (Å²) in [5.74, 6) is -0.722. The lowest BCUT2D eigenvalue weighted by Crippen LogP contribution is -2.19. The lowest BCUT2D eigenvalue weighted by molar-refractivity contribution is -0.137. The predicted octanol–water partition coefficient (Wildman–Crippen LogP) is 0.546. The Kier molecular flexibility index (Phi) is 23.7. The number of hydrogen-bond acceptors (Lipinski definition) is 7. The monoisotopic (exact) mass is 346 g/mol. The van der Waals surface area contributed by atoms with Gasteiger partial charge >= 0.3 is 11.9 Å². The van der Waals surface area contributed by atoms with E-state index >= 15 is 0 Å². The minimum Gasteiger partial charge on any atom is -0.481 e. The van der Waals surface area contributed by atoms with Crippen molar-refractivity contribution in [2.45, 2.75) is 38.9 Å². The molecule has 0 radical (unpaired) electrons. The number of ether oxygens (including phenoxy) is 1. The first-order valence-electron chi connectivity index (χ1n) is 6.27. The highest BCUT2D eigenvalue weighted by atomic mass is 32.1. The fourth-order valence-corrected chi connectivity index (χ4v) is 0.930. The first kappa shape index (κ1) is 25.5. The van der Waals surface area contributed by atoms with Gasteiger partial charge in [-0.15, -0.1) is 0 Å². The molecule has 0 rings (SSSR count). The molecule has 2 atom stereocenters. The van der Waals surface area contributed by atoms with Crippen molar-refractivity contribution in [1.82, 2.24) is 0 Å². The normalized spacial score (nSPS) is 12.1. The Balaban J connectivity index is -0.000000240. The predicted molar refractivity (Wildman–Crippen MR) is 86.4 cm³/mol. The number of carboxylic acid groups (broad SMARTS) is 2. The summed E-state index contributed by atoms with van der Waals surface area (Å²) in [6.45, 7) is 3.70. The van der Waals surface area contributed by atoms with Crippen LogP contribution in [0.2, 0.25) is 0 Å². The maximum Gasteiger partial charge on any atom is 0.304 e. The molecule has 2 unspecified atom stereocenters. The Morgan fingerprint density at radius 1 is 1.05 bits per heavy atom. The Bertz CT molecular complexity index is 234. The molecule has 0 heterocycles. The molecule has 128 valence electrons. The zero-order valence-corrected chi connectivity index (χ0v) is 14.1. The Labute approximate surface area is 136 Å². The number of aliphatic carboxylic acids is 2. The van der Waals surface area contributed by atoms with Gasteiger partial charge in [-0.05, 0) is 13.8 Å². The average Bonchev–Trinajstić information content (AvgIpc) is 2.37. The summed E-state index contributed by atoms with van der Waals surface area (Å²) in [5.41, 5.74) is 0. The molecule has 0 spiro atoms. The molecule has 0 aromatic carbocycles. The van der Waals surface area contributed by atoms with Crippen LogP contribution in [0.5, 0.6) is 0 Å². The molecule has 0 aliphatic carbocycles. The highest BCUT2D eigenvalue weighted by molar-refractivity contribution is 7.80. The molecule has 0 saturated heterocycles. The van der Waals surface area contributed by atoms with Crippen LogP contribution in [0, 0.1) is 0 Å². The van der Waals surface area contributed by atoms with Gasteiger partial charge in [0, 0.05) is 11.5 Å². The van der Waals surface area contributed by atoms with Crippen molar-refractivity contribution < 1.29 is 34.8 Å². The van der Waals surface area contributed by atoms with Crippen LogP contribution in [0.1, 0.15) is 26.7 Å². The van der Waals surface area contributed by atoms with Gasteiger partial charge in [0.15, 0.2) is 0 Å². The molecular formula is C12H26O7S2. The van der Waals surface area contributed by atoms with Gasteiger partial charge in [0.1, 0.15) is 0 Å². The Hall–Kier alpha value is -0.480. The number of aliphatic hydroxyl groups excluding tert-OH is 2. The second-order valence-corrected chi connectivity index (χ2v) is 4.80. The van der Waals surface area contributed by atoms with Crippen molar-refractivity contribution in [2.24, 2.45) is 0 Å². The standard InChI is InChI=1S/C6H14O3.2C3H6O2S/c1-5(8)4-9-6(2)3-7;2*4-3(5)1-2-6/h5-8H,3-4H2,1-2H3;2*6H,1-2H2,(H,4,5). The van der Waals surface area contributed by atoms with Gasteiger partial charge in [-0.3, -0.25) is 9.59 Å². The average molecular weight is 346 g/mol. The van der Waals surface area contributed by atoms with Gasteiger partial charge in [-0.25, -0.2) is 0 Å². The maximum atomic E-state index is 9.55. The highest BCUT2D eigenvalue weighted by Crippen LogP contribution is 1.90. The third-order valence-corrected chi connectivity index (χ3v) is 1.98. The molecule has 7 nitrogen and oxygen atoms in total. The Morgan fingerprint density at radius 2 is 1.43 bits per heavy atom. The molecule has 21 heavy (non-hydrogen) atoms. The van der Waals surface area contributed by atoms with Crippen LogP contribution in [0.4, 0.5) is 0 Å². The van der Waals surface area contributed by atoms with Crippen LogP contribution in [0.15, 0.2) is 0 Å². The fourth-order valence-electron chi connectivity index (χ4n) is 0.548. The van der Waals surface area contributed by atoms with E-state index in [1.807, 2.05) is 0 Å². The van der Waals surface area contributed by atoms with Crippen molar-refractivity contribution >= 4 is 37.2 Å². The molecular weight excluding hydrogens is 320 g/mol. The zero-order valence-electron chi connectivity index (χ0n) is 12.3. The molecule has 0 aliphatic rings. The van der Waals surface area contributed by atoms with E-state index in [-0.39, 0.29) is 25.6 Å². The second kappa shape index (κ2) is 19.5. The molecule has 0 aromatic rings. The van der Waals surface area contributed by atoms with Crippen molar-refractivity contribution in [3.8, 4) is 0 Å². The van der Waals surface area contributed by atoms with Crippen LogP contribution in [0.25, 0.3) is 0 Å². The summed E-state index contributed by atoms with van der Waals surface area (Å²) in [5, 5.41) is 32.9. The lowest BCUT2D eigenvalue weighted by Gasteiger charge is -2.10. The topological polar surface area (TPSA) is 124 Å². The van der Waals surface area contributed by atoms with Gasteiger partial charge in [0.05, 0.1) is 38.3 Å². The van der Waals surface area contributed by atoms with E-state index in [4.69, 9.17) is 25.2 Å². The fraction of sp³-hybridized carbons (Fsp3) is 0.833. The van der Waals surface area contributed by atoms with Crippen molar-refractivity contribution in [3.05, 3.63) is 0 Å². The van der Waals surface area contributed by atoms with Gasteiger partial charge in [-0.1, -0.05) is 0 Å². The van der Waals surface area contributed by atoms with Crippen molar-refractivity contribution in [3.63, 3.8) is 0 Å². The van der Waals surface area contributed by atoms with E-state index in [9.17, 15) is 9.59 Å². The minimum absolute atomic E-state index is 0.00667. The van der Waals surface area contributed by atoms with Crippen LogP contribution in [0.3, 0.4) is 0 Å². The molecule has 0 amide bonds. The summed E-state index contributed by atoms with van der Waals surface area (Å²) < 4.78 is 4.95. The molecule has 0 aromatic heterocycles. The van der Waals surface area contributed by atoms with Crippen molar-refractivity contribution in [1.29, 1.82) is 0 Å². The van der Waals surface area contributed by atoms with Crippen molar-refractivity contribution in [2.75, 3.05) is 24.7 Å². The molecule has 0 saturated carbocycles. The zero-order chi connectivity index (χ0) is 17.3. The molecule has 0 aliphatic heterocycles.